The zero-order valence-electron chi connectivity index (χ0n) is 15.7. The molecule has 0 saturated carbocycles. The number of methoxy groups -OCH3 is 1. The van der Waals surface area contributed by atoms with Gasteiger partial charge in [-0.05, 0) is 36.4 Å². The van der Waals surface area contributed by atoms with Crippen LogP contribution >= 0.6 is 11.3 Å². The van der Waals surface area contributed by atoms with Crippen molar-refractivity contribution in [2.75, 3.05) is 33.3 Å². The van der Waals surface area contributed by atoms with E-state index in [4.69, 9.17) is 9.72 Å². The van der Waals surface area contributed by atoms with E-state index in [1.54, 1.807) is 43.0 Å². The summed E-state index contributed by atoms with van der Waals surface area (Å²) >= 11 is 1.68. The van der Waals surface area contributed by atoms with Crippen molar-refractivity contribution in [3.8, 4) is 17.0 Å². The minimum Gasteiger partial charge on any atom is -0.497 e. The lowest BCUT2D eigenvalue weighted by Gasteiger charge is -2.34. The Bertz CT molecular complexity index is 919. The van der Waals surface area contributed by atoms with Crippen molar-refractivity contribution in [2.45, 2.75) is 6.54 Å². The lowest BCUT2D eigenvalue weighted by Crippen LogP contribution is -2.48. The minimum atomic E-state index is 0.0816. The Morgan fingerprint density at radius 3 is 2.46 bits per heavy atom. The summed E-state index contributed by atoms with van der Waals surface area (Å²) in [6.45, 7) is 4.00. The molecule has 144 valence electrons. The van der Waals surface area contributed by atoms with Gasteiger partial charge in [0.15, 0.2) is 0 Å². The molecular weight excluding hydrogens is 372 g/mol. The quantitative estimate of drug-likeness (QED) is 0.665. The number of nitrogens with zero attached hydrogens (tertiary/aromatic N) is 4. The average molecular weight is 395 g/mol. The zero-order valence-corrected chi connectivity index (χ0v) is 16.6. The van der Waals surface area contributed by atoms with Gasteiger partial charge < -0.3 is 9.64 Å². The van der Waals surface area contributed by atoms with Gasteiger partial charge >= 0.3 is 0 Å². The maximum absolute atomic E-state index is 12.5. The highest BCUT2D eigenvalue weighted by molar-refractivity contribution is 7.09. The monoisotopic (exact) mass is 394 g/mol. The number of piperazine rings is 1. The maximum Gasteiger partial charge on any atom is 0.254 e. The van der Waals surface area contributed by atoms with Crippen LogP contribution in [0.3, 0.4) is 0 Å². The third kappa shape index (κ3) is 4.21. The van der Waals surface area contributed by atoms with Crippen molar-refractivity contribution >= 4 is 17.2 Å². The standard InChI is InChI=1S/C21H22N4O2S/c1-27-18-4-2-16(3-5-18)19-15-28-20(23-19)14-24-10-12-25(13-11-24)21(26)17-6-8-22-9-7-17/h2-9,15H,10-14H2,1H3. The second-order valence-electron chi connectivity index (χ2n) is 6.66. The van der Waals surface area contributed by atoms with Gasteiger partial charge in [0.25, 0.3) is 5.91 Å². The molecule has 0 bridgehead atoms. The van der Waals surface area contributed by atoms with Crippen molar-refractivity contribution < 1.29 is 9.53 Å². The first-order valence-electron chi connectivity index (χ1n) is 9.23. The summed E-state index contributed by atoms with van der Waals surface area (Å²) in [5, 5.41) is 3.19. The van der Waals surface area contributed by atoms with E-state index in [-0.39, 0.29) is 5.91 Å². The first kappa shape index (κ1) is 18.6. The predicted molar refractivity (Wildman–Crippen MR) is 110 cm³/mol. The Balaban J connectivity index is 1.32. The smallest absolute Gasteiger partial charge is 0.254 e. The predicted octanol–water partition coefficient (Wildman–Crippen LogP) is 3.17. The summed E-state index contributed by atoms with van der Waals surface area (Å²) in [7, 11) is 1.67. The highest BCUT2D eigenvalue weighted by atomic mass is 32.1. The number of amides is 1. The van der Waals surface area contributed by atoms with Gasteiger partial charge in [-0.25, -0.2) is 4.98 Å². The van der Waals surface area contributed by atoms with E-state index in [1.165, 1.54) is 0 Å². The third-order valence-electron chi connectivity index (χ3n) is 4.88. The Labute approximate surface area is 168 Å². The molecule has 0 aliphatic carbocycles. The number of carbonyl (C=O) groups excluding carboxylic acids is 1. The van der Waals surface area contributed by atoms with Gasteiger partial charge in [0, 0.05) is 55.1 Å². The van der Waals surface area contributed by atoms with Gasteiger partial charge in [0.2, 0.25) is 0 Å². The average Bonchev–Trinajstić information content (AvgIpc) is 3.23. The number of rotatable bonds is 5. The molecule has 0 unspecified atom stereocenters. The fraction of sp³-hybridized carbons (Fsp3) is 0.286. The summed E-state index contributed by atoms with van der Waals surface area (Å²) in [4.78, 5) is 25.6. The Hall–Kier alpha value is -2.77. The minimum absolute atomic E-state index is 0.0816. The van der Waals surface area contributed by atoms with E-state index < -0.39 is 0 Å². The summed E-state index contributed by atoms with van der Waals surface area (Å²) in [6.07, 6.45) is 3.32. The van der Waals surface area contributed by atoms with Gasteiger partial charge in [-0.2, -0.15) is 0 Å². The van der Waals surface area contributed by atoms with Crippen LogP contribution in [-0.4, -0.2) is 59.0 Å². The topological polar surface area (TPSA) is 58.6 Å². The second kappa shape index (κ2) is 8.50. The van der Waals surface area contributed by atoms with Crippen LogP contribution in [0.25, 0.3) is 11.3 Å². The maximum atomic E-state index is 12.5. The molecule has 28 heavy (non-hydrogen) atoms. The van der Waals surface area contributed by atoms with E-state index in [9.17, 15) is 4.79 Å². The number of carbonyl (C=O) groups is 1. The van der Waals surface area contributed by atoms with Gasteiger partial charge in [-0.3, -0.25) is 14.7 Å². The van der Waals surface area contributed by atoms with Crippen LogP contribution in [0, 0.1) is 0 Å². The molecule has 1 aliphatic heterocycles. The van der Waals surface area contributed by atoms with Crippen LogP contribution in [0.5, 0.6) is 5.75 Å². The zero-order chi connectivity index (χ0) is 19.3. The highest BCUT2D eigenvalue weighted by Crippen LogP contribution is 2.25. The number of ether oxygens (including phenoxy) is 1. The normalized spacial score (nSPS) is 14.8. The summed E-state index contributed by atoms with van der Waals surface area (Å²) in [5.41, 5.74) is 2.79. The molecule has 0 N–H and O–H groups in total. The van der Waals surface area contributed by atoms with Crippen LogP contribution in [0.2, 0.25) is 0 Å². The van der Waals surface area contributed by atoms with E-state index >= 15 is 0 Å². The van der Waals surface area contributed by atoms with E-state index in [2.05, 4.69) is 15.3 Å². The Morgan fingerprint density at radius 2 is 1.79 bits per heavy atom. The number of pyridine rings is 1. The van der Waals surface area contributed by atoms with Crippen molar-refractivity contribution in [3.05, 3.63) is 64.7 Å². The molecule has 0 radical (unpaired) electrons. The van der Waals surface area contributed by atoms with Crippen LogP contribution in [0.1, 0.15) is 15.4 Å². The lowest BCUT2D eigenvalue weighted by atomic mass is 10.2. The van der Waals surface area contributed by atoms with Crippen molar-refractivity contribution in [1.82, 2.24) is 19.8 Å². The fourth-order valence-corrected chi connectivity index (χ4v) is 4.10. The SMILES string of the molecule is COc1ccc(-c2csc(CN3CCN(C(=O)c4ccncc4)CC3)n2)cc1. The molecule has 1 aromatic carbocycles. The number of hydrogen-bond donors (Lipinski definition) is 0. The van der Waals surface area contributed by atoms with Crippen LogP contribution in [-0.2, 0) is 6.54 Å². The first-order chi connectivity index (χ1) is 13.7. The van der Waals surface area contributed by atoms with E-state index in [0.29, 0.717) is 5.56 Å². The Kier molecular flexibility index (Phi) is 5.64. The second-order valence-corrected chi connectivity index (χ2v) is 7.60. The van der Waals surface area contributed by atoms with Gasteiger partial charge in [-0.15, -0.1) is 11.3 Å². The van der Waals surface area contributed by atoms with E-state index in [1.807, 2.05) is 29.2 Å². The third-order valence-corrected chi connectivity index (χ3v) is 5.72. The van der Waals surface area contributed by atoms with Crippen molar-refractivity contribution in [3.63, 3.8) is 0 Å². The number of aromatic nitrogens is 2. The van der Waals surface area contributed by atoms with Crippen LogP contribution < -0.4 is 4.74 Å². The van der Waals surface area contributed by atoms with Gasteiger partial charge in [0.1, 0.15) is 10.8 Å². The number of benzene rings is 1. The molecule has 7 heteroatoms. The largest absolute Gasteiger partial charge is 0.497 e. The van der Waals surface area contributed by atoms with Crippen LogP contribution in [0.4, 0.5) is 0 Å². The van der Waals surface area contributed by atoms with Crippen LogP contribution in [0.15, 0.2) is 54.2 Å². The molecule has 1 fully saturated rings. The molecule has 1 aliphatic rings. The molecule has 0 atom stereocenters. The molecule has 2 aromatic heterocycles. The molecule has 6 nitrogen and oxygen atoms in total. The van der Waals surface area contributed by atoms with Crippen molar-refractivity contribution in [1.29, 1.82) is 0 Å². The van der Waals surface area contributed by atoms with Gasteiger partial charge in [-0.1, -0.05) is 0 Å². The van der Waals surface area contributed by atoms with Gasteiger partial charge in [0.05, 0.1) is 19.3 Å². The number of thiazole rings is 1. The lowest BCUT2D eigenvalue weighted by molar-refractivity contribution is 0.0628. The summed E-state index contributed by atoms with van der Waals surface area (Å²) in [6, 6.07) is 11.5. The first-order valence-corrected chi connectivity index (χ1v) is 10.1. The molecule has 1 saturated heterocycles. The Morgan fingerprint density at radius 1 is 1.07 bits per heavy atom. The molecule has 4 rings (SSSR count). The molecule has 1 amide bonds. The van der Waals surface area contributed by atoms with E-state index in [0.717, 1.165) is 54.7 Å². The summed E-state index contributed by atoms with van der Waals surface area (Å²) < 4.78 is 5.21. The molecule has 3 heterocycles. The molecule has 3 aromatic rings. The highest BCUT2D eigenvalue weighted by Gasteiger charge is 2.22. The number of hydrogen-bond acceptors (Lipinski definition) is 6. The summed E-state index contributed by atoms with van der Waals surface area (Å²) in [5.74, 6) is 0.927. The van der Waals surface area contributed by atoms with Crippen molar-refractivity contribution in [2.24, 2.45) is 0 Å². The molecular formula is C21H22N4O2S. The molecule has 0 spiro atoms. The fourth-order valence-electron chi connectivity index (χ4n) is 3.26.